The highest BCUT2D eigenvalue weighted by Crippen LogP contribution is 2.32. The number of rotatable bonds is 5. The Balaban J connectivity index is 1.87. The van der Waals surface area contributed by atoms with Gasteiger partial charge in [0, 0.05) is 18.6 Å². The summed E-state index contributed by atoms with van der Waals surface area (Å²) in [4.78, 5) is 2.25. The van der Waals surface area contributed by atoms with E-state index in [2.05, 4.69) is 18.9 Å². The topological polar surface area (TPSA) is 63.4 Å². The van der Waals surface area contributed by atoms with Gasteiger partial charge in [0.25, 0.3) is 0 Å². The third-order valence-electron chi connectivity index (χ3n) is 5.20. The van der Waals surface area contributed by atoms with Crippen LogP contribution in [-0.2, 0) is 9.84 Å². The van der Waals surface area contributed by atoms with Crippen LogP contribution < -0.4 is 5.73 Å². The Morgan fingerprint density at radius 3 is 2.60 bits per heavy atom. The quantitative estimate of drug-likeness (QED) is 0.839. The molecule has 0 aromatic carbocycles. The summed E-state index contributed by atoms with van der Waals surface area (Å²) in [5, 5.41) is 0. The molecule has 0 aromatic rings. The molecule has 4 unspecified atom stereocenters. The summed E-state index contributed by atoms with van der Waals surface area (Å²) in [6.07, 6.45) is 6.98. The number of nitrogens with zero attached hydrogens (tertiary/aromatic N) is 1. The van der Waals surface area contributed by atoms with Crippen LogP contribution in [-0.4, -0.2) is 50.5 Å². The van der Waals surface area contributed by atoms with Gasteiger partial charge in [0.2, 0.25) is 0 Å². The third kappa shape index (κ3) is 4.18. The van der Waals surface area contributed by atoms with E-state index in [4.69, 9.17) is 5.73 Å². The summed E-state index contributed by atoms with van der Waals surface area (Å²) in [6.45, 7) is 3.21. The second-order valence-corrected chi connectivity index (χ2v) is 9.12. The molecule has 0 aromatic heterocycles. The molecular weight excluding hydrogens is 272 g/mol. The van der Waals surface area contributed by atoms with E-state index in [0.717, 1.165) is 25.3 Å². The Bertz CT molecular complexity index is 410. The van der Waals surface area contributed by atoms with Crippen LogP contribution in [0.3, 0.4) is 0 Å². The monoisotopic (exact) mass is 302 g/mol. The summed E-state index contributed by atoms with van der Waals surface area (Å²) in [7, 11) is -0.716. The summed E-state index contributed by atoms with van der Waals surface area (Å²) in [5.74, 6) is 2.06. The fraction of sp³-hybridized carbons (Fsp3) is 1.00. The Hall–Kier alpha value is -0.130. The van der Waals surface area contributed by atoms with E-state index in [1.807, 2.05) is 0 Å². The molecule has 118 valence electrons. The second kappa shape index (κ2) is 6.75. The van der Waals surface area contributed by atoms with Crippen molar-refractivity contribution in [2.45, 2.75) is 57.5 Å². The van der Waals surface area contributed by atoms with E-state index >= 15 is 0 Å². The minimum Gasteiger partial charge on any atom is -0.327 e. The van der Waals surface area contributed by atoms with Gasteiger partial charge in [-0.2, -0.15) is 0 Å². The van der Waals surface area contributed by atoms with Crippen molar-refractivity contribution in [3.63, 3.8) is 0 Å². The summed E-state index contributed by atoms with van der Waals surface area (Å²) < 4.78 is 23.2. The zero-order chi connectivity index (χ0) is 14.8. The summed E-state index contributed by atoms with van der Waals surface area (Å²) >= 11 is 0. The highest BCUT2D eigenvalue weighted by Gasteiger charge is 2.34. The second-order valence-electron chi connectivity index (χ2n) is 6.89. The number of hydrogen-bond acceptors (Lipinski definition) is 4. The average Bonchev–Trinajstić information content (AvgIpc) is 2.74. The smallest absolute Gasteiger partial charge is 0.151 e. The number of hydrogen-bond donors (Lipinski definition) is 1. The molecule has 1 aliphatic carbocycles. The maximum atomic E-state index is 11.6. The third-order valence-corrected chi connectivity index (χ3v) is 6.95. The molecule has 0 bridgehead atoms. The van der Waals surface area contributed by atoms with Crippen molar-refractivity contribution in [3.8, 4) is 0 Å². The lowest BCUT2D eigenvalue weighted by Gasteiger charge is -2.37. The van der Waals surface area contributed by atoms with E-state index < -0.39 is 9.84 Å². The minimum absolute atomic E-state index is 0.207. The molecule has 5 heteroatoms. The maximum absolute atomic E-state index is 11.6. The van der Waals surface area contributed by atoms with Gasteiger partial charge in [0.05, 0.1) is 11.5 Å². The van der Waals surface area contributed by atoms with Crippen molar-refractivity contribution in [1.82, 2.24) is 4.90 Å². The fourth-order valence-electron chi connectivity index (χ4n) is 3.91. The first kappa shape index (κ1) is 16.2. The van der Waals surface area contributed by atoms with E-state index in [0.29, 0.717) is 23.5 Å². The van der Waals surface area contributed by atoms with Gasteiger partial charge in [-0.25, -0.2) is 8.42 Å². The van der Waals surface area contributed by atoms with Crippen molar-refractivity contribution in [1.29, 1.82) is 0 Å². The summed E-state index contributed by atoms with van der Waals surface area (Å²) in [5.41, 5.74) is 6.29. The molecule has 20 heavy (non-hydrogen) atoms. The molecule has 2 aliphatic rings. The van der Waals surface area contributed by atoms with Crippen LogP contribution in [0.1, 0.15) is 45.4 Å². The predicted molar refractivity (Wildman–Crippen MR) is 83.4 cm³/mol. The van der Waals surface area contributed by atoms with Gasteiger partial charge in [-0.1, -0.05) is 19.8 Å². The van der Waals surface area contributed by atoms with Crippen LogP contribution in [0, 0.1) is 11.8 Å². The Morgan fingerprint density at radius 1 is 1.25 bits per heavy atom. The Kier molecular flexibility index (Phi) is 5.49. The SMILES string of the molecule is CCCC1CCC(N)C(CN(C)C2CCS(=O)(=O)C2)C1. The standard InChI is InChI=1S/C15H30N2O2S/c1-3-4-12-5-6-15(16)13(9-12)10-17(2)14-7-8-20(18,19)11-14/h12-15H,3-11,16H2,1-2H3. The van der Waals surface area contributed by atoms with Gasteiger partial charge < -0.3 is 10.6 Å². The first-order valence-electron chi connectivity index (χ1n) is 8.07. The van der Waals surface area contributed by atoms with Crippen LogP contribution in [0.5, 0.6) is 0 Å². The van der Waals surface area contributed by atoms with Gasteiger partial charge in [-0.3, -0.25) is 0 Å². The van der Waals surface area contributed by atoms with Crippen molar-refractivity contribution < 1.29 is 8.42 Å². The van der Waals surface area contributed by atoms with Crippen molar-refractivity contribution in [2.24, 2.45) is 17.6 Å². The molecule has 1 saturated heterocycles. The van der Waals surface area contributed by atoms with Crippen LogP contribution in [0.25, 0.3) is 0 Å². The van der Waals surface area contributed by atoms with Gasteiger partial charge >= 0.3 is 0 Å². The normalized spacial score (nSPS) is 37.4. The van der Waals surface area contributed by atoms with Crippen molar-refractivity contribution >= 4 is 9.84 Å². The molecule has 2 fully saturated rings. The Labute approximate surface area is 124 Å². The lowest BCUT2D eigenvalue weighted by molar-refractivity contribution is 0.147. The molecule has 4 atom stereocenters. The van der Waals surface area contributed by atoms with Gasteiger partial charge in [-0.05, 0) is 44.6 Å². The molecular formula is C15H30N2O2S. The first-order valence-corrected chi connectivity index (χ1v) is 9.89. The molecule has 0 amide bonds. The van der Waals surface area contributed by atoms with Gasteiger partial charge in [0.1, 0.15) is 0 Å². The Morgan fingerprint density at radius 2 is 2.00 bits per heavy atom. The lowest BCUT2D eigenvalue weighted by Crippen LogP contribution is -2.45. The highest BCUT2D eigenvalue weighted by atomic mass is 32.2. The van der Waals surface area contributed by atoms with Crippen LogP contribution in [0.4, 0.5) is 0 Å². The van der Waals surface area contributed by atoms with Gasteiger partial charge in [0.15, 0.2) is 9.84 Å². The van der Waals surface area contributed by atoms with Crippen LogP contribution in [0.2, 0.25) is 0 Å². The van der Waals surface area contributed by atoms with Crippen LogP contribution in [0.15, 0.2) is 0 Å². The molecule has 1 aliphatic heterocycles. The number of sulfone groups is 1. The average molecular weight is 302 g/mol. The van der Waals surface area contributed by atoms with Crippen molar-refractivity contribution in [3.05, 3.63) is 0 Å². The maximum Gasteiger partial charge on any atom is 0.151 e. The zero-order valence-corrected chi connectivity index (χ0v) is 13.7. The van der Waals surface area contributed by atoms with E-state index in [-0.39, 0.29) is 6.04 Å². The summed E-state index contributed by atoms with van der Waals surface area (Å²) in [6, 6.07) is 0.502. The molecule has 4 nitrogen and oxygen atoms in total. The first-order chi connectivity index (χ1) is 9.41. The van der Waals surface area contributed by atoms with Gasteiger partial charge in [-0.15, -0.1) is 0 Å². The molecule has 0 radical (unpaired) electrons. The molecule has 2 N–H and O–H groups in total. The van der Waals surface area contributed by atoms with Crippen LogP contribution >= 0.6 is 0 Å². The van der Waals surface area contributed by atoms with E-state index in [9.17, 15) is 8.42 Å². The largest absolute Gasteiger partial charge is 0.327 e. The predicted octanol–water partition coefficient (Wildman–Crippen LogP) is 1.65. The number of nitrogens with two attached hydrogens (primary N) is 1. The highest BCUT2D eigenvalue weighted by molar-refractivity contribution is 7.91. The molecule has 0 spiro atoms. The minimum atomic E-state index is -2.79. The van der Waals surface area contributed by atoms with Crippen molar-refractivity contribution in [2.75, 3.05) is 25.1 Å². The molecule has 2 rings (SSSR count). The van der Waals surface area contributed by atoms with E-state index in [1.54, 1.807) is 0 Å². The molecule has 1 saturated carbocycles. The lowest BCUT2D eigenvalue weighted by atomic mass is 9.76. The van der Waals surface area contributed by atoms with E-state index in [1.165, 1.54) is 25.7 Å². The molecule has 1 heterocycles. The zero-order valence-electron chi connectivity index (χ0n) is 12.9. The fourth-order valence-corrected chi connectivity index (χ4v) is 5.71.